The highest BCUT2D eigenvalue weighted by molar-refractivity contribution is 8.01. The first-order valence-corrected chi connectivity index (χ1v) is 9.74. The van der Waals surface area contributed by atoms with E-state index in [4.69, 9.17) is 14.9 Å². The lowest BCUT2D eigenvalue weighted by Crippen LogP contribution is -2.35. The van der Waals surface area contributed by atoms with Crippen LogP contribution in [0.1, 0.15) is 15.9 Å². The van der Waals surface area contributed by atoms with Crippen molar-refractivity contribution in [2.24, 2.45) is 0 Å². The second kappa shape index (κ2) is 8.87. The van der Waals surface area contributed by atoms with Crippen molar-refractivity contribution in [1.29, 1.82) is 0 Å². The molecule has 0 spiro atoms. The number of carbonyl (C=O) groups excluding carboxylic acids is 1. The molecule has 1 fully saturated rings. The molecular formula is C20H20N2O6S. The molecule has 0 radical (unpaired) electrons. The summed E-state index contributed by atoms with van der Waals surface area (Å²) in [6, 6.07) is 13.4. The molecule has 1 aliphatic rings. The van der Waals surface area contributed by atoms with Crippen molar-refractivity contribution in [3.63, 3.8) is 0 Å². The summed E-state index contributed by atoms with van der Waals surface area (Å²) in [6.07, 6.45) is 0.386. The highest BCUT2D eigenvalue weighted by atomic mass is 32.2. The van der Waals surface area contributed by atoms with Crippen LogP contribution >= 0.6 is 11.8 Å². The van der Waals surface area contributed by atoms with E-state index < -0.39 is 18.5 Å². The van der Waals surface area contributed by atoms with Gasteiger partial charge in [-0.05, 0) is 36.2 Å². The van der Waals surface area contributed by atoms with E-state index in [-0.39, 0.29) is 22.2 Å². The number of para-hydroxylation sites is 1. The second-order valence-corrected chi connectivity index (χ2v) is 7.74. The molecule has 3 rings (SSSR count). The van der Waals surface area contributed by atoms with Crippen LogP contribution in [-0.2, 0) is 16.0 Å². The maximum absolute atomic E-state index is 12.7. The van der Waals surface area contributed by atoms with Gasteiger partial charge in [0.05, 0.1) is 10.8 Å². The number of nitrogens with zero attached hydrogens (tertiary/aromatic N) is 1. The SMILES string of the molecule is CN1C(=O)C(Cc2ccccc2OCC(=O)O)SC1Nc1cccc(C(=O)O)c1. The van der Waals surface area contributed by atoms with Gasteiger partial charge in [-0.2, -0.15) is 0 Å². The number of carbonyl (C=O) groups is 3. The fourth-order valence-electron chi connectivity index (χ4n) is 2.95. The highest BCUT2D eigenvalue weighted by Gasteiger charge is 2.38. The topological polar surface area (TPSA) is 116 Å². The molecule has 1 saturated heterocycles. The maximum atomic E-state index is 12.7. The average molecular weight is 416 g/mol. The second-order valence-electron chi connectivity index (χ2n) is 6.45. The summed E-state index contributed by atoms with van der Waals surface area (Å²) in [7, 11) is 1.68. The van der Waals surface area contributed by atoms with Crippen LogP contribution in [0.4, 0.5) is 5.69 Å². The molecule has 152 valence electrons. The van der Waals surface area contributed by atoms with Crippen LogP contribution in [0, 0.1) is 0 Å². The Labute approximate surface area is 171 Å². The van der Waals surface area contributed by atoms with Crippen LogP contribution in [0.5, 0.6) is 5.75 Å². The number of thioether (sulfide) groups is 1. The van der Waals surface area contributed by atoms with Crippen molar-refractivity contribution in [2.75, 3.05) is 19.0 Å². The first kappa shape index (κ1) is 20.5. The number of carboxylic acids is 2. The van der Waals surface area contributed by atoms with Gasteiger partial charge in [0, 0.05) is 12.7 Å². The third-order valence-corrected chi connectivity index (χ3v) is 5.79. The predicted octanol–water partition coefficient (Wildman–Crippen LogP) is 2.36. The summed E-state index contributed by atoms with van der Waals surface area (Å²) in [5.41, 5.74) is 1.16. The van der Waals surface area contributed by atoms with Crippen LogP contribution in [0.15, 0.2) is 48.5 Å². The van der Waals surface area contributed by atoms with Crippen molar-refractivity contribution >= 4 is 35.3 Å². The molecule has 1 aliphatic heterocycles. The molecule has 3 N–H and O–H groups in total. The number of carboxylic acid groups (broad SMARTS) is 2. The van der Waals surface area contributed by atoms with Crippen molar-refractivity contribution < 1.29 is 29.3 Å². The molecule has 8 nitrogen and oxygen atoms in total. The van der Waals surface area contributed by atoms with Crippen LogP contribution in [0.3, 0.4) is 0 Å². The molecule has 2 unspecified atom stereocenters. The van der Waals surface area contributed by atoms with Crippen molar-refractivity contribution in [3.05, 3.63) is 59.7 Å². The molecule has 0 bridgehead atoms. The smallest absolute Gasteiger partial charge is 0.341 e. The van der Waals surface area contributed by atoms with Crippen molar-refractivity contribution in [1.82, 2.24) is 4.90 Å². The fourth-order valence-corrected chi connectivity index (χ4v) is 4.31. The number of benzene rings is 2. The Morgan fingerprint density at radius 1 is 1.17 bits per heavy atom. The Kier molecular flexibility index (Phi) is 6.28. The summed E-state index contributed by atoms with van der Waals surface area (Å²) >= 11 is 1.41. The van der Waals surface area contributed by atoms with Crippen LogP contribution in [-0.4, -0.2) is 57.4 Å². The molecule has 29 heavy (non-hydrogen) atoms. The van der Waals surface area contributed by atoms with Gasteiger partial charge in [0.2, 0.25) is 5.91 Å². The summed E-state index contributed by atoms with van der Waals surface area (Å²) in [5, 5.41) is 20.8. The summed E-state index contributed by atoms with van der Waals surface area (Å²) in [5.74, 6) is -1.72. The molecule has 2 aromatic rings. The Morgan fingerprint density at radius 2 is 1.93 bits per heavy atom. The van der Waals surface area contributed by atoms with E-state index >= 15 is 0 Å². The molecule has 0 aromatic heterocycles. The van der Waals surface area contributed by atoms with Gasteiger partial charge in [0.15, 0.2) is 12.1 Å². The van der Waals surface area contributed by atoms with Crippen LogP contribution in [0.25, 0.3) is 0 Å². The van der Waals surface area contributed by atoms with Gasteiger partial charge in [-0.15, -0.1) is 11.8 Å². The quantitative estimate of drug-likeness (QED) is 0.601. The Hall–Kier alpha value is -3.20. The standard InChI is InChI=1S/C20H20N2O6S/c1-22-18(25)16(10-12-5-2-3-8-15(12)28-11-17(23)24)29-20(22)21-14-7-4-6-13(9-14)19(26)27/h2-9,16,20-21H,10-11H2,1H3,(H,23,24)(H,26,27). The van der Waals surface area contributed by atoms with E-state index in [1.807, 2.05) is 12.1 Å². The van der Waals surface area contributed by atoms with Crippen LogP contribution < -0.4 is 10.1 Å². The van der Waals surface area contributed by atoms with Crippen LogP contribution in [0.2, 0.25) is 0 Å². The first-order chi connectivity index (χ1) is 13.8. The number of ether oxygens (including phenoxy) is 1. The number of aliphatic carboxylic acids is 1. The summed E-state index contributed by atoms with van der Waals surface area (Å²) < 4.78 is 5.32. The lowest BCUT2D eigenvalue weighted by Gasteiger charge is -2.21. The van der Waals surface area contributed by atoms with Gasteiger partial charge in [-0.3, -0.25) is 4.79 Å². The van der Waals surface area contributed by atoms with Gasteiger partial charge in [-0.1, -0.05) is 24.3 Å². The lowest BCUT2D eigenvalue weighted by molar-refractivity contribution is -0.139. The van der Waals surface area contributed by atoms with E-state index in [1.54, 1.807) is 36.2 Å². The number of hydrogen-bond acceptors (Lipinski definition) is 6. The molecule has 1 heterocycles. The summed E-state index contributed by atoms with van der Waals surface area (Å²) in [4.78, 5) is 36.2. The van der Waals surface area contributed by atoms with Crippen molar-refractivity contribution in [3.8, 4) is 5.75 Å². The van der Waals surface area contributed by atoms with Gasteiger partial charge in [0.25, 0.3) is 0 Å². The number of hydrogen-bond donors (Lipinski definition) is 3. The van der Waals surface area contributed by atoms with E-state index in [0.717, 1.165) is 5.56 Å². The average Bonchev–Trinajstić information content (AvgIpc) is 2.95. The summed E-state index contributed by atoms with van der Waals surface area (Å²) in [6.45, 7) is -0.452. The molecular weight excluding hydrogens is 396 g/mol. The minimum Gasteiger partial charge on any atom is -0.482 e. The normalized spacial score (nSPS) is 18.5. The zero-order valence-electron chi connectivity index (χ0n) is 15.6. The molecule has 0 saturated carbocycles. The maximum Gasteiger partial charge on any atom is 0.341 e. The van der Waals surface area contributed by atoms with E-state index in [9.17, 15) is 14.4 Å². The van der Waals surface area contributed by atoms with Gasteiger partial charge in [0.1, 0.15) is 5.75 Å². The number of nitrogens with one attached hydrogen (secondary N) is 1. The zero-order chi connectivity index (χ0) is 21.0. The Morgan fingerprint density at radius 3 is 2.66 bits per heavy atom. The Bertz CT molecular complexity index is 935. The monoisotopic (exact) mass is 416 g/mol. The minimum absolute atomic E-state index is 0.0741. The fraction of sp³-hybridized carbons (Fsp3) is 0.250. The van der Waals surface area contributed by atoms with Gasteiger partial charge in [-0.25, -0.2) is 9.59 Å². The molecule has 9 heteroatoms. The highest BCUT2D eigenvalue weighted by Crippen LogP contribution is 2.35. The van der Waals surface area contributed by atoms with Gasteiger partial charge < -0.3 is 25.2 Å². The Balaban J connectivity index is 1.70. The molecule has 1 amide bonds. The third kappa shape index (κ3) is 5.00. The number of amides is 1. The zero-order valence-corrected chi connectivity index (χ0v) is 16.4. The van der Waals surface area contributed by atoms with Gasteiger partial charge >= 0.3 is 11.9 Å². The van der Waals surface area contributed by atoms with Crippen molar-refractivity contribution in [2.45, 2.75) is 17.2 Å². The molecule has 0 aliphatic carbocycles. The number of rotatable bonds is 8. The third-order valence-electron chi connectivity index (χ3n) is 4.40. The van der Waals surface area contributed by atoms with E-state index in [1.165, 1.54) is 23.9 Å². The number of anilines is 1. The number of aromatic carboxylic acids is 1. The van der Waals surface area contributed by atoms with E-state index in [0.29, 0.717) is 17.9 Å². The minimum atomic E-state index is -1.07. The largest absolute Gasteiger partial charge is 0.482 e. The molecule has 2 atom stereocenters. The lowest BCUT2D eigenvalue weighted by atomic mass is 10.1. The van der Waals surface area contributed by atoms with E-state index in [2.05, 4.69) is 5.32 Å². The first-order valence-electron chi connectivity index (χ1n) is 8.79. The predicted molar refractivity (Wildman–Crippen MR) is 108 cm³/mol. The molecule has 2 aromatic carbocycles.